The van der Waals surface area contributed by atoms with Gasteiger partial charge in [-0.25, -0.2) is 8.42 Å². The molecule has 13 heavy (non-hydrogen) atoms. The topological polar surface area (TPSA) is 54.4 Å². The predicted molar refractivity (Wildman–Crippen MR) is 47.9 cm³/mol. The molecule has 5 unspecified atom stereocenters. The Hall–Kier alpha value is -0.0900. The van der Waals surface area contributed by atoms with Crippen LogP contribution in [0.1, 0.15) is 19.8 Å². The van der Waals surface area contributed by atoms with Gasteiger partial charge in [0.25, 0.3) is 0 Å². The Morgan fingerprint density at radius 2 is 2.15 bits per heavy atom. The summed E-state index contributed by atoms with van der Waals surface area (Å²) in [5.41, 5.74) is -0.219. The van der Waals surface area contributed by atoms with E-state index in [-0.39, 0.29) is 22.5 Å². The lowest BCUT2D eigenvalue weighted by molar-refractivity contribution is 0.0104. The lowest BCUT2D eigenvalue weighted by Crippen LogP contribution is -2.61. The molecule has 3 rings (SSSR count). The molecule has 3 nitrogen and oxygen atoms in total. The summed E-state index contributed by atoms with van der Waals surface area (Å²) >= 11 is 0. The van der Waals surface area contributed by atoms with Gasteiger partial charge in [-0.15, -0.1) is 0 Å². The smallest absolute Gasteiger partial charge is 0.154 e. The minimum atomic E-state index is -2.82. The quantitative estimate of drug-likeness (QED) is 0.610. The largest absolute Gasteiger partial charge is 0.392 e. The molecule has 1 spiro atoms. The van der Waals surface area contributed by atoms with E-state index in [4.69, 9.17) is 0 Å². The van der Waals surface area contributed by atoms with Gasteiger partial charge in [0.15, 0.2) is 9.84 Å². The molecule has 3 aliphatic rings. The van der Waals surface area contributed by atoms with Crippen molar-refractivity contribution in [2.45, 2.75) is 31.1 Å². The van der Waals surface area contributed by atoms with E-state index in [2.05, 4.69) is 0 Å². The monoisotopic (exact) mass is 202 g/mol. The van der Waals surface area contributed by atoms with Crippen molar-refractivity contribution in [3.8, 4) is 0 Å². The van der Waals surface area contributed by atoms with Crippen LogP contribution in [0.3, 0.4) is 0 Å². The SMILES string of the molecule is CC1C2CC3C(C2)(CS3(=O)=O)C1O. The van der Waals surface area contributed by atoms with Gasteiger partial charge < -0.3 is 5.11 Å². The number of hydrogen-bond donors (Lipinski definition) is 1. The van der Waals surface area contributed by atoms with Gasteiger partial charge in [0, 0.05) is 5.41 Å². The van der Waals surface area contributed by atoms with Crippen molar-refractivity contribution in [1.29, 1.82) is 0 Å². The van der Waals surface area contributed by atoms with Crippen LogP contribution in [0.2, 0.25) is 0 Å². The summed E-state index contributed by atoms with van der Waals surface area (Å²) in [4.78, 5) is 0. The van der Waals surface area contributed by atoms with Crippen molar-refractivity contribution in [3.63, 3.8) is 0 Å². The molecule has 5 atom stereocenters. The summed E-state index contributed by atoms with van der Waals surface area (Å²) < 4.78 is 22.9. The maximum atomic E-state index is 11.4. The van der Waals surface area contributed by atoms with Gasteiger partial charge in [-0.1, -0.05) is 6.92 Å². The highest BCUT2D eigenvalue weighted by Gasteiger charge is 2.72. The molecule has 0 aromatic carbocycles. The summed E-state index contributed by atoms with van der Waals surface area (Å²) in [6, 6.07) is 0. The molecule has 1 aliphatic heterocycles. The third kappa shape index (κ3) is 0.699. The molecule has 1 saturated heterocycles. The van der Waals surface area contributed by atoms with E-state index in [1.54, 1.807) is 0 Å². The van der Waals surface area contributed by atoms with E-state index in [1.807, 2.05) is 6.92 Å². The van der Waals surface area contributed by atoms with Crippen LogP contribution < -0.4 is 0 Å². The molecule has 0 amide bonds. The van der Waals surface area contributed by atoms with Crippen molar-refractivity contribution in [2.24, 2.45) is 17.3 Å². The molecular weight excluding hydrogens is 188 g/mol. The molecule has 2 bridgehead atoms. The van der Waals surface area contributed by atoms with Gasteiger partial charge in [0.1, 0.15) is 0 Å². The molecule has 4 heteroatoms. The molecule has 2 saturated carbocycles. The van der Waals surface area contributed by atoms with Crippen LogP contribution in [0.15, 0.2) is 0 Å². The van der Waals surface area contributed by atoms with E-state index in [0.717, 1.165) is 12.8 Å². The maximum absolute atomic E-state index is 11.4. The Labute approximate surface area is 78.1 Å². The zero-order valence-corrected chi connectivity index (χ0v) is 8.42. The standard InChI is InChI=1S/C9H14O3S/c1-5-6-2-7-9(3-6,8(5)10)4-13(7,11)12/h5-8,10H,2-4H2,1H3. The molecule has 3 fully saturated rings. The number of aliphatic hydroxyl groups excluding tert-OH is 1. The molecule has 2 aliphatic carbocycles. The number of rotatable bonds is 0. The average molecular weight is 202 g/mol. The van der Waals surface area contributed by atoms with Gasteiger partial charge in [-0.2, -0.15) is 0 Å². The van der Waals surface area contributed by atoms with Crippen molar-refractivity contribution in [3.05, 3.63) is 0 Å². The molecule has 1 N–H and O–H groups in total. The summed E-state index contributed by atoms with van der Waals surface area (Å²) in [7, 11) is -2.82. The van der Waals surface area contributed by atoms with Crippen LogP contribution in [-0.4, -0.2) is 30.6 Å². The second-order valence-corrected chi connectivity index (χ2v) is 7.22. The molecule has 74 valence electrons. The summed E-state index contributed by atoms with van der Waals surface area (Å²) in [6.07, 6.45) is 1.39. The first kappa shape index (κ1) is 8.24. The maximum Gasteiger partial charge on any atom is 0.154 e. The van der Waals surface area contributed by atoms with Gasteiger partial charge >= 0.3 is 0 Å². The second-order valence-electron chi connectivity index (χ2n) is 5.03. The lowest BCUT2D eigenvalue weighted by atomic mass is 9.78. The highest BCUT2D eigenvalue weighted by atomic mass is 32.2. The first-order chi connectivity index (χ1) is 5.97. The van der Waals surface area contributed by atoms with Gasteiger partial charge in [0.05, 0.1) is 17.1 Å². The van der Waals surface area contributed by atoms with E-state index < -0.39 is 9.84 Å². The van der Waals surface area contributed by atoms with Crippen molar-refractivity contribution in [2.75, 3.05) is 5.75 Å². The highest BCUT2D eigenvalue weighted by Crippen LogP contribution is 2.65. The minimum absolute atomic E-state index is 0.198. The molecule has 0 aromatic heterocycles. The summed E-state index contributed by atoms with van der Waals surface area (Å²) in [6.45, 7) is 2.05. The van der Waals surface area contributed by atoms with Gasteiger partial charge in [-0.05, 0) is 24.7 Å². The number of hydrogen-bond acceptors (Lipinski definition) is 3. The second kappa shape index (κ2) is 1.96. The van der Waals surface area contributed by atoms with Crippen LogP contribution in [-0.2, 0) is 9.84 Å². The Morgan fingerprint density at radius 1 is 1.46 bits per heavy atom. The Bertz CT molecular complexity index is 361. The Balaban J connectivity index is 2.05. The fourth-order valence-corrected chi connectivity index (χ4v) is 6.54. The van der Waals surface area contributed by atoms with Gasteiger partial charge in [-0.3, -0.25) is 0 Å². The first-order valence-corrected chi connectivity index (χ1v) is 6.58. The fourth-order valence-electron chi connectivity index (χ4n) is 3.82. The van der Waals surface area contributed by atoms with E-state index in [9.17, 15) is 13.5 Å². The van der Waals surface area contributed by atoms with Gasteiger partial charge in [0.2, 0.25) is 0 Å². The van der Waals surface area contributed by atoms with Crippen LogP contribution in [0.4, 0.5) is 0 Å². The third-order valence-electron chi connectivity index (χ3n) is 4.53. The number of sulfone groups is 1. The normalized spacial score (nSPS) is 61.7. The first-order valence-electron chi connectivity index (χ1n) is 4.87. The molecule has 0 aromatic rings. The van der Waals surface area contributed by atoms with Crippen LogP contribution in [0.25, 0.3) is 0 Å². The van der Waals surface area contributed by atoms with Crippen molar-refractivity contribution < 1.29 is 13.5 Å². The summed E-state index contributed by atoms with van der Waals surface area (Å²) in [5.74, 6) is 1.01. The molecule has 0 radical (unpaired) electrons. The van der Waals surface area contributed by atoms with Crippen LogP contribution >= 0.6 is 0 Å². The highest BCUT2D eigenvalue weighted by molar-refractivity contribution is 7.93. The zero-order chi connectivity index (χ0) is 9.43. The van der Waals surface area contributed by atoms with Crippen LogP contribution in [0.5, 0.6) is 0 Å². The van der Waals surface area contributed by atoms with E-state index >= 15 is 0 Å². The third-order valence-corrected chi connectivity index (χ3v) is 7.00. The summed E-state index contributed by atoms with van der Waals surface area (Å²) in [5, 5.41) is 9.74. The van der Waals surface area contributed by atoms with Crippen molar-refractivity contribution in [1.82, 2.24) is 0 Å². The van der Waals surface area contributed by atoms with E-state index in [1.165, 1.54) is 0 Å². The molecule has 1 heterocycles. The van der Waals surface area contributed by atoms with Crippen LogP contribution in [0, 0.1) is 17.3 Å². The number of aliphatic hydroxyl groups is 1. The Kier molecular flexibility index (Phi) is 1.24. The molecular formula is C9H14O3S. The minimum Gasteiger partial charge on any atom is -0.392 e. The van der Waals surface area contributed by atoms with E-state index in [0.29, 0.717) is 11.8 Å². The zero-order valence-electron chi connectivity index (χ0n) is 7.60. The predicted octanol–water partition coefficient (Wildman–Crippen LogP) is 0.190. The fraction of sp³-hybridized carbons (Fsp3) is 1.00. The average Bonchev–Trinajstić information content (AvgIpc) is 2.47. The van der Waals surface area contributed by atoms with Crippen molar-refractivity contribution >= 4 is 9.84 Å². The number of fused-ring (bicyclic) bond motifs is 1. The lowest BCUT2D eigenvalue weighted by Gasteiger charge is -2.48. The Morgan fingerprint density at radius 3 is 2.69 bits per heavy atom.